The van der Waals surface area contributed by atoms with Gasteiger partial charge in [0.25, 0.3) is 0 Å². The molecule has 5 nitrogen and oxygen atoms in total. The van der Waals surface area contributed by atoms with E-state index in [-0.39, 0.29) is 0 Å². The Hall–Kier alpha value is -3.34. The van der Waals surface area contributed by atoms with Crippen LogP contribution in [-0.2, 0) is 12.8 Å². The highest BCUT2D eigenvalue weighted by Gasteiger charge is 2.13. The molecule has 4 aromatic rings. The zero-order valence-electron chi connectivity index (χ0n) is 15.6. The Kier molecular flexibility index (Phi) is 4.50. The van der Waals surface area contributed by atoms with E-state index in [0.717, 1.165) is 52.3 Å². The molecule has 5 heteroatoms. The summed E-state index contributed by atoms with van der Waals surface area (Å²) in [6, 6.07) is 5.98. The number of allylic oxidation sites excluding steroid dienone is 2. The third-order valence-corrected chi connectivity index (χ3v) is 4.77. The second-order valence-electron chi connectivity index (χ2n) is 6.54. The van der Waals surface area contributed by atoms with Gasteiger partial charge in [-0.15, -0.1) is 0 Å². The van der Waals surface area contributed by atoms with Crippen molar-refractivity contribution in [2.45, 2.75) is 26.7 Å². The van der Waals surface area contributed by atoms with Gasteiger partial charge < -0.3 is 4.40 Å². The molecule has 0 N–H and O–H groups in total. The summed E-state index contributed by atoms with van der Waals surface area (Å²) in [5.74, 6) is 0.815. The summed E-state index contributed by atoms with van der Waals surface area (Å²) in [6.45, 7) is 7.97. The van der Waals surface area contributed by atoms with Crippen molar-refractivity contribution in [3.8, 4) is 0 Å². The Labute approximate surface area is 158 Å². The van der Waals surface area contributed by atoms with E-state index in [4.69, 9.17) is 4.98 Å². The lowest BCUT2D eigenvalue weighted by molar-refractivity contribution is 0.843. The third-order valence-electron chi connectivity index (χ3n) is 4.77. The molecule has 0 radical (unpaired) electrons. The number of aryl methyl sites for hydroxylation is 4. The predicted molar refractivity (Wildman–Crippen MR) is 109 cm³/mol. The molecule has 0 unspecified atom stereocenters. The number of fused-ring (bicyclic) bond motifs is 2. The van der Waals surface area contributed by atoms with Crippen molar-refractivity contribution in [3.63, 3.8) is 0 Å². The molecule has 0 fully saturated rings. The quantitative estimate of drug-likeness (QED) is 0.502. The van der Waals surface area contributed by atoms with Gasteiger partial charge in [0.1, 0.15) is 17.0 Å². The standard InChI is InChI=1S/C22H21N5/c1-4-5-7-17-15(2)11-13-27-16(3)18(26-22(17)27)9-10-21-24-14-20-19(25-21)8-6-12-23-20/h4-8,11-14H,1,9-10H2,2-3H3/b7-5-. The second kappa shape index (κ2) is 7.11. The smallest absolute Gasteiger partial charge is 0.144 e. The number of hydrogen-bond donors (Lipinski definition) is 0. The normalized spacial score (nSPS) is 11.6. The van der Waals surface area contributed by atoms with Gasteiger partial charge in [-0.1, -0.05) is 24.8 Å². The fraction of sp³-hybridized carbons (Fsp3) is 0.182. The van der Waals surface area contributed by atoms with Gasteiger partial charge in [-0.2, -0.15) is 0 Å². The van der Waals surface area contributed by atoms with E-state index >= 15 is 0 Å². The zero-order valence-corrected chi connectivity index (χ0v) is 15.6. The first-order valence-corrected chi connectivity index (χ1v) is 9.00. The van der Waals surface area contributed by atoms with Gasteiger partial charge in [-0.3, -0.25) is 4.98 Å². The fourth-order valence-corrected chi connectivity index (χ4v) is 3.25. The molecule has 0 bridgehead atoms. The molecule has 4 rings (SSSR count). The van der Waals surface area contributed by atoms with Crippen molar-refractivity contribution in [3.05, 3.63) is 83.9 Å². The first-order valence-electron chi connectivity index (χ1n) is 9.00. The van der Waals surface area contributed by atoms with Crippen LogP contribution in [0.5, 0.6) is 0 Å². The lowest BCUT2D eigenvalue weighted by atomic mass is 10.1. The molecule has 0 saturated carbocycles. The number of nitrogens with zero attached hydrogens (tertiary/aromatic N) is 5. The molecule has 4 aromatic heterocycles. The molecule has 0 spiro atoms. The van der Waals surface area contributed by atoms with Gasteiger partial charge in [-0.05, 0) is 44.0 Å². The van der Waals surface area contributed by atoms with E-state index < -0.39 is 0 Å². The van der Waals surface area contributed by atoms with Crippen molar-refractivity contribution >= 4 is 22.8 Å². The average Bonchev–Trinajstić information content (AvgIpc) is 3.01. The minimum absolute atomic E-state index is 0.742. The van der Waals surface area contributed by atoms with E-state index in [1.807, 2.05) is 18.2 Å². The van der Waals surface area contributed by atoms with Gasteiger partial charge >= 0.3 is 0 Å². The molecule has 27 heavy (non-hydrogen) atoms. The SMILES string of the molecule is C=C/C=C\c1c(C)ccn2c(C)c(CCc3ncc4ncccc4n3)nc12. The highest BCUT2D eigenvalue weighted by molar-refractivity contribution is 5.72. The highest BCUT2D eigenvalue weighted by Crippen LogP contribution is 2.21. The van der Waals surface area contributed by atoms with Crippen LogP contribution in [0.4, 0.5) is 0 Å². The topological polar surface area (TPSA) is 56.0 Å². The maximum absolute atomic E-state index is 4.91. The van der Waals surface area contributed by atoms with Crippen molar-refractivity contribution < 1.29 is 0 Å². The lowest BCUT2D eigenvalue weighted by Crippen LogP contribution is -2.00. The van der Waals surface area contributed by atoms with Crippen LogP contribution in [0.2, 0.25) is 0 Å². The number of pyridine rings is 2. The Morgan fingerprint density at radius 3 is 2.81 bits per heavy atom. The van der Waals surface area contributed by atoms with Crippen LogP contribution in [-0.4, -0.2) is 24.3 Å². The lowest BCUT2D eigenvalue weighted by Gasteiger charge is -2.04. The summed E-state index contributed by atoms with van der Waals surface area (Å²) in [7, 11) is 0. The van der Waals surface area contributed by atoms with Gasteiger partial charge in [0.05, 0.1) is 17.4 Å². The summed E-state index contributed by atoms with van der Waals surface area (Å²) in [4.78, 5) is 18.2. The number of rotatable bonds is 5. The van der Waals surface area contributed by atoms with Crippen LogP contribution in [0.3, 0.4) is 0 Å². The first-order chi connectivity index (χ1) is 13.2. The Bertz CT molecular complexity index is 1170. The summed E-state index contributed by atoms with van der Waals surface area (Å²) < 4.78 is 2.15. The summed E-state index contributed by atoms with van der Waals surface area (Å²) in [5, 5.41) is 0. The molecule has 4 heterocycles. The molecule has 0 atom stereocenters. The monoisotopic (exact) mass is 355 g/mol. The highest BCUT2D eigenvalue weighted by atomic mass is 15.0. The molecule has 0 amide bonds. The molecule has 0 aliphatic heterocycles. The van der Waals surface area contributed by atoms with Crippen LogP contribution in [0, 0.1) is 13.8 Å². The van der Waals surface area contributed by atoms with Gasteiger partial charge in [0.15, 0.2) is 0 Å². The number of hydrogen-bond acceptors (Lipinski definition) is 4. The number of aromatic nitrogens is 5. The maximum atomic E-state index is 4.91. The summed E-state index contributed by atoms with van der Waals surface area (Å²) >= 11 is 0. The van der Waals surface area contributed by atoms with Crippen molar-refractivity contribution in [2.24, 2.45) is 0 Å². The molecule has 0 aliphatic rings. The molecule has 0 aromatic carbocycles. The predicted octanol–water partition coefficient (Wildman–Crippen LogP) is 4.27. The Balaban J connectivity index is 1.66. The Morgan fingerprint density at radius 1 is 1.07 bits per heavy atom. The zero-order chi connectivity index (χ0) is 18.8. The molecular formula is C22H21N5. The fourth-order valence-electron chi connectivity index (χ4n) is 3.25. The first kappa shape index (κ1) is 17.1. The van der Waals surface area contributed by atoms with Crippen molar-refractivity contribution in [1.82, 2.24) is 24.3 Å². The van der Waals surface area contributed by atoms with E-state index in [9.17, 15) is 0 Å². The van der Waals surface area contributed by atoms with Crippen LogP contribution in [0.1, 0.15) is 28.3 Å². The van der Waals surface area contributed by atoms with E-state index in [1.54, 1.807) is 18.5 Å². The van der Waals surface area contributed by atoms with Crippen LogP contribution in [0.25, 0.3) is 22.8 Å². The van der Waals surface area contributed by atoms with Crippen LogP contribution in [0.15, 0.2) is 55.5 Å². The largest absolute Gasteiger partial charge is 0.304 e. The summed E-state index contributed by atoms with van der Waals surface area (Å²) in [5.41, 5.74) is 7.22. The molecule has 0 saturated heterocycles. The van der Waals surface area contributed by atoms with Crippen LogP contribution < -0.4 is 0 Å². The third kappa shape index (κ3) is 3.24. The average molecular weight is 355 g/mol. The van der Waals surface area contributed by atoms with Crippen molar-refractivity contribution in [2.75, 3.05) is 0 Å². The minimum atomic E-state index is 0.742. The maximum Gasteiger partial charge on any atom is 0.144 e. The van der Waals surface area contributed by atoms with E-state index in [0.29, 0.717) is 0 Å². The Morgan fingerprint density at radius 2 is 1.96 bits per heavy atom. The molecular weight excluding hydrogens is 334 g/mol. The van der Waals surface area contributed by atoms with E-state index in [1.165, 1.54) is 5.56 Å². The molecule has 134 valence electrons. The summed E-state index contributed by atoms with van der Waals surface area (Å²) in [6.07, 6.45) is 13.0. The number of imidazole rings is 1. The van der Waals surface area contributed by atoms with Gasteiger partial charge in [-0.25, -0.2) is 15.0 Å². The second-order valence-corrected chi connectivity index (χ2v) is 6.54. The van der Waals surface area contributed by atoms with Crippen molar-refractivity contribution in [1.29, 1.82) is 0 Å². The van der Waals surface area contributed by atoms with Gasteiger partial charge in [0.2, 0.25) is 0 Å². The van der Waals surface area contributed by atoms with E-state index in [2.05, 4.69) is 58.1 Å². The minimum Gasteiger partial charge on any atom is -0.304 e. The van der Waals surface area contributed by atoms with Gasteiger partial charge in [0, 0.05) is 30.1 Å². The molecule has 0 aliphatic carbocycles. The van der Waals surface area contributed by atoms with Crippen LogP contribution >= 0.6 is 0 Å².